The molecule has 28 heavy (non-hydrogen) atoms. The lowest BCUT2D eigenvalue weighted by molar-refractivity contribution is -0.152. The second-order valence-corrected chi connectivity index (χ2v) is 8.25. The molecule has 2 aromatic heterocycles. The number of benzene rings is 1. The lowest BCUT2D eigenvalue weighted by Crippen LogP contribution is -2.31. The number of carbonyl (C=O) groups is 1. The quantitative estimate of drug-likeness (QED) is 0.539. The topological polar surface area (TPSA) is 61.2 Å². The van der Waals surface area contributed by atoms with E-state index in [2.05, 4.69) is 31.0 Å². The van der Waals surface area contributed by atoms with Gasteiger partial charge in [-0.3, -0.25) is 9.36 Å². The van der Waals surface area contributed by atoms with Crippen molar-refractivity contribution < 1.29 is 9.53 Å². The highest BCUT2D eigenvalue weighted by molar-refractivity contribution is 7.17. The number of esters is 1. The summed E-state index contributed by atoms with van der Waals surface area (Å²) in [7, 11) is 0. The second-order valence-electron chi connectivity index (χ2n) is 7.39. The van der Waals surface area contributed by atoms with Gasteiger partial charge in [-0.25, -0.2) is 9.78 Å². The SMILES string of the molecule is CCC(C)OC(=O)C(C)n1cnc2scc(-c3ccc(C(C)C)cc3)c2c1=O. The van der Waals surface area contributed by atoms with E-state index >= 15 is 0 Å². The van der Waals surface area contributed by atoms with E-state index in [1.54, 1.807) is 6.92 Å². The van der Waals surface area contributed by atoms with Crippen LogP contribution in [0.15, 0.2) is 40.8 Å². The Kier molecular flexibility index (Phi) is 5.98. The van der Waals surface area contributed by atoms with Crippen LogP contribution in [0, 0.1) is 0 Å². The molecule has 0 N–H and O–H groups in total. The van der Waals surface area contributed by atoms with E-state index in [-0.39, 0.29) is 11.7 Å². The molecule has 2 atom stereocenters. The van der Waals surface area contributed by atoms with E-state index < -0.39 is 12.0 Å². The fraction of sp³-hybridized carbons (Fsp3) is 0.409. The van der Waals surface area contributed by atoms with Crippen molar-refractivity contribution in [3.8, 4) is 11.1 Å². The van der Waals surface area contributed by atoms with Gasteiger partial charge < -0.3 is 4.74 Å². The number of ether oxygens (including phenoxy) is 1. The number of thiophene rings is 1. The summed E-state index contributed by atoms with van der Waals surface area (Å²) in [5.41, 5.74) is 2.86. The van der Waals surface area contributed by atoms with E-state index in [9.17, 15) is 9.59 Å². The van der Waals surface area contributed by atoms with Crippen molar-refractivity contribution in [1.82, 2.24) is 9.55 Å². The van der Waals surface area contributed by atoms with Crippen LogP contribution in [0.5, 0.6) is 0 Å². The van der Waals surface area contributed by atoms with Crippen LogP contribution in [0.25, 0.3) is 21.3 Å². The van der Waals surface area contributed by atoms with Crippen LogP contribution >= 0.6 is 11.3 Å². The zero-order valence-corrected chi connectivity index (χ0v) is 17.7. The second kappa shape index (κ2) is 8.27. The minimum Gasteiger partial charge on any atom is -0.461 e. The highest BCUT2D eigenvalue weighted by Crippen LogP contribution is 2.31. The average molecular weight is 399 g/mol. The summed E-state index contributed by atoms with van der Waals surface area (Å²) in [4.78, 5) is 30.7. The van der Waals surface area contributed by atoms with Crippen molar-refractivity contribution in [3.63, 3.8) is 0 Å². The minimum atomic E-state index is -0.727. The Morgan fingerprint density at radius 1 is 1.18 bits per heavy atom. The molecule has 0 saturated carbocycles. The van der Waals surface area contributed by atoms with Crippen LogP contribution in [0.2, 0.25) is 0 Å². The fourth-order valence-corrected chi connectivity index (χ4v) is 3.88. The predicted octanol–water partition coefficient (Wildman–Crippen LogP) is 5.15. The molecule has 0 fully saturated rings. The predicted molar refractivity (Wildman–Crippen MR) is 114 cm³/mol. The summed E-state index contributed by atoms with van der Waals surface area (Å²) in [5, 5.41) is 2.50. The van der Waals surface area contributed by atoms with Crippen molar-refractivity contribution in [2.45, 2.75) is 59.1 Å². The summed E-state index contributed by atoms with van der Waals surface area (Å²) in [6, 6.07) is 7.52. The van der Waals surface area contributed by atoms with Gasteiger partial charge in [-0.1, -0.05) is 45.0 Å². The maximum absolute atomic E-state index is 13.2. The van der Waals surface area contributed by atoms with Gasteiger partial charge in [0, 0.05) is 10.9 Å². The van der Waals surface area contributed by atoms with Crippen molar-refractivity contribution in [3.05, 3.63) is 51.9 Å². The zero-order chi connectivity index (χ0) is 20.4. The molecule has 3 rings (SSSR count). The molecule has 2 heterocycles. The molecule has 2 unspecified atom stereocenters. The lowest BCUT2D eigenvalue weighted by atomic mass is 9.99. The van der Waals surface area contributed by atoms with Gasteiger partial charge in [0.25, 0.3) is 5.56 Å². The van der Waals surface area contributed by atoms with Crippen molar-refractivity contribution in [2.24, 2.45) is 0 Å². The first-order valence-electron chi connectivity index (χ1n) is 9.62. The van der Waals surface area contributed by atoms with Gasteiger partial charge in [0.2, 0.25) is 0 Å². The molecule has 0 radical (unpaired) electrons. The monoisotopic (exact) mass is 398 g/mol. The Morgan fingerprint density at radius 2 is 1.86 bits per heavy atom. The Labute approximate surface area is 169 Å². The van der Waals surface area contributed by atoms with Crippen LogP contribution in [0.3, 0.4) is 0 Å². The van der Waals surface area contributed by atoms with Crippen LogP contribution in [-0.2, 0) is 9.53 Å². The van der Waals surface area contributed by atoms with Gasteiger partial charge in [-0.15, -0.1) is 11.3 Å². The molecule has 5 nitrogen and oxygen atoms in total. The Balaban J connectivity index is 2.02. The van der Waals surface area contributed by atoms with Gasteiger partial charge in [0.05, 0.1) is 17.8 Å². The molecule has 0 saturated heterocycles. The summed E-state index contributed by atoms with van der Waals surface area (Å²) >= 11 is 1.44. The molecule has 0 amide bonds. The molecule has 1 aromatic carbocycles. The molecule has 0 spiro atoms. The normalized spacial score (nSPS) is 13.6. The van der Waals surface area contributed by atoms with Crippen molar-refractivity contribution >= 4 is 27.5 Å². The maximum atomic E-state index is 13.2. The number of carbonyl (C=O) groups excluding carboxylic acids is 1. The standard InChI is InChI=1S/C22H26N2O3S/c1-6-14(4)27-22(26)15(5)24-12-23-20-19(21(24)25)18(11-28-20)17-9-7-16(8-10-17)13(2)3/h7-15H,6H2,1-5H3. The molecule has 0 aliphatic carbocycles. The van der Waals surface area contributed by atoms with Crippen molar-refractivity contribution in [1.29, 1.82) is 0 Å². The number of aromatic nitrogens is 2. The number of fused-ring (bicyclic) bond motifs is 1. The molecular formula is C22H26N2O3S. The van der Waals surface area contributed by atoms with Crippen LogP contribution in [0.1, 0.15) is 58.6 Å². The van der Waals surface area contributed by atoms with Crippen molar-refractivity contribution in [2.75, 3.05) is 0 Å². The summed E-state index contributed by atoms with van der Waals surface area (Å²) in [5.74, 6) is 0.0280. The molecule has 0 bridgehead atoms. The third-order valence-corrected chi connectivity index (χ3v) is 5.94. The van der Waals surface area contributed by atoms with E-state index in [1.807, 2.05) is 31.4 Å². The third kappa shape index (κ3) is 3.87. The lowest BCUT2D eigenvalue weighted by Gasteiger charge is -2.17. The minimum absolute atomic E-state index is 0.182. The smallest absolute Gasteiger partial charge is 0.329 e. The number of rotatable bonds is 6. The first kappa shape index (κ1) is 20.3. The maximum Gasteiger partial charge on any atom is 0.329 e. The Bertz CT molecular complexity index is 1030. The van der Waals surface area contributed by atoms with Crippen LogP contribution in [0.4, 0.5) is 0 Å². The van der Waals surface area contributed by atoms with E-state index in [0.717, 1.165) is 17.5 Å². The Hall–Kier alpha value is -2.47. The highest BCUT2D eigenvalue weighted by atomic mass is 32.1. The van der Waals surface area contributed by atoms with E-state index in [1.165, 1.54) is 27.8 Å². The molecular weight excluding hydrogens is 372 g/mol. The first-order valence-corrected chi connectivity index (χ1v) is 10.5. The molecule has 148 valence electrons. The van der Waals surface area contributed by atoms with Gasteiger partial charge in [-0.05, 0) is 37.3 Å². The molecule has 3 aromatic rings. The summed E-state index contributed by atoms with van der Waals surface area (Å²) < 4.78 is 6.76. The van der Waals surface area contributed by atoms with E-state index in [4.69, 9.17) is 4.74 Å². The van der Waals surface area contributed by atoms with Crippen LogP contribution in [-0.4, -0.2) is 21.6 Å². The molecule has 0 aliphatic heterocycles. The first-order chi connectivity index (χ1) is 13.3. The van der Waals surface area contributed by atoms with Gasteiger partial charge in [0.15, 0.2) is 0 Å². The largest absolute Gasteiger partial charge is 0.461 e. The third-order valence-electron chi connectivity index (χ3n) is 5.06. The number of hydrogen-bond donors (Lipinski definition) is 0. The number of nitrogens with zero attached hydrogens (tertiary/aromatic N) is 2. The molecule has 6 heteroatoms. The van der Waals surface area contributed by atoms with Gasteiger partial charge >= 0.3 is 5.97 Å². The Morgan fingerprint density at radius 3 is 2.46 bits per heavy atom. The summed E-state index contributed by atoms with van der Waals surface area (Å²) in [6.45, 7) is 9.76. The highest BCUT2D eigenvalue weighted by Gasteiger charge is 2.22. The van der Waals surface area contributed by atoms with E-state index in [0.29, 0.717) is 16.1 Å². The molecule has 0 aliphatic rings. The fourth-order valence-electron chi connectivity index (χ4n) is 2.98. The number of hydrogen-bond acceptors (Lipinski definition) is 5. The summed E-state index contributed by atoms with van der Waals surface area (Å²) in [6.07, 6.45) is 1.99. The van der Waals surface area contributed by atoms with Crippen LogP contribution < -0.4 is 5.56 Å². The van der Waals surface area contributed by atoms with Gasteiger partial charge in [-0.2, -0.15) is 0 Å². The zero-order valence-electron chi connectivity index (χ0n) is 16.9. The average Bonchev–Trinajstić information content (AvgIpc) is 3.12. The van der Waals surface area contributed by atoms with Gasteiger partial charge in [0.1, 0.15) is 10.9 Å².